The zero-order valence-corrected chi connectivity index (χ0v) is 34.0. The second-order valence-electron chi connectivity index (χ2n) is 12.2. The third kappa shape index (κ3) is 12.0. The molecule has 0 radical (unpaired) electrons. The van der Waals surface area contributed by atoms with E-state index in [0.29, 0.717) is 38.4 Å². The van der Waals surface area contributed by atoms with Gasteiger partial charge >= 0.3 is 0 Å². The Kier molecular flexibility index (Phi) is 14.2. The molecule has 20 heteroatoms. The lowest BCUT2D eigenvalue weighted by molar-refractivity contribution is -0.116. The molecule has 2 aromatic heterocycles. The van der Waals surface area contributed by atoms with E-state index in [9.17, 15) is 35.2 Å². The topological polar surface area (TPSA) is 204 Å². The average molecular weight is 909 g/mol. The van der Waals surface area contributed by atoms with Crippen LogP contribution >= 0.6 is 46.4 Å². The number of rotatable bonds is 10. The average Bonchev–Trinajstić information content (AvgIpc) is 3.14. The number of carbonyl (C=O) groups is 2. The highest BCUT2D eigenvalue weighted by Gasteiger charge is 2.20. The largest absolute Gasteiger partial charge is 0.326 e. The molecule has 0 saturated carbocycles. The Morgan fingerprint density at radius 2 is 1.05 bits per heavy atom. The summed E-state index contributed by atoms with van der Waals surface area (Å²) in [5.41, 5.74) is 2.61. The minimum absolute atomic E-state index is 0.000529. The number of nitrogens with one attached hydrogen (secondary N) is 2. The standard InChI is InChI=1S/C19H14Cl3N3O3S.C19H14ClF2N3O3S/c20-13-3-1-11(16(21)8-13)7-19(26)25-14-4-5-15(17(9-14)29(23,27)28)12-2-6-18(22)24-10-12;20-18-6-2-12(10-24-18)15-5-4-14(9-17(15)29(23,27)28)25-19(26)7-11-1-3-13(21)8-16(11)22/h2*1-6,8-10H,7H2,(H,25,26)(H2,23,27,28). The normalized spacial score (nSPS) is 11.3. The number of hydrogen-bond acceptors (Lipinski definition) is 8. The summed E-state index contributed by atoms with van der Waals surface area (Å²) in [4.78, 5) is 32.0. The van der Waals surface area contributed by atoms with Gasteiger partial charge < -0.3 is 10.6 Å². The molecule has 0 aliphatic carbocycles. The van der Waals surface area contributed by atoms with Crippen LogP contribution in [0.4, 0.5) is 20.2 Å². The quantitative estimate of drug-likeness (QED) is 0.0988. The summed E-state index contributed by atoms with van der Waals surface area (Å²) in [6.07, 6.45) is 2.46. The van der Waals surface area contributed by atoms with Gasteiger partial charge in [-0.25, -0.2) is 45.9 Å². The summed E-state index contributed by atoms with van der Waals surface area (Å²) in [5.74, 6) is -2.60. The summed E-state index contributed by atoms with van der Waals surface area (Å²) in [6, 6.07) is 22.5. The van der Waals surface area contributed by atoms with E-state index in [4.69, 9.17) is 56.7 Å². The lowest BCUT2D eigenvalue weighted by Gasteiger charge is -2.12. The van der Waals surface area contributed by atoms with Gasteiger partial charge in [-0.3, -0.25) is 9.59 Å². The highest BCUT2D eigenvalue weighted by atomic mass is 35.5. The molecular weight excluding hydrogens is 880 g/mol. The number of halogens is 6. The van der Waals surface area contributed by atoms with Crippen LogP contribution in [0.5, 0.6) is 0 Å². The smallest absolute Gasteiger partial charge is 0.238 e. The van der Waals surface area contributed by atoms with E-state index in [1.807, 2.05) is 0 Å². The zero-order chi connectivity index (χ0) is 42.4. The Hall–Kier alpha value is -5.04. The number of carbonyl (C=O) groups excluding carboxylic acids is 2. The van der Waals surface area contributed by atoms with Gasteiger partial charge in [-0.2, -0.15) is 0 Å². The van der Waals surface area contributed by atoms with Crippen LogP contribution in [0, 0.1) is 11.6 Å². The van der Waals surface area contributed by atoms with Crippen LogP contribution in [0.2, 0.25) is 20.4 Å². The maximum Gasteiger partial charge on any atom is 0.238 e. The van der Waals surface area contributed by atoms with E-state index < -0.39 is 37.6 Å². The van der Waals surface area contributed by atoms with Crippen molar-refractivity contribution in [3.05, 3.63) is 153 Å². The fourth-order valence-corrected chi connectivity index (χ4v) is 7.57. The van der Waals surface area contributed by atoms with Gasteiger partial charge in [0, 0.05) is 62.1 Å². The molecule has 6 rings (SSSR count). The number of hydrogen-bond donors (Lipinski definition) is 4. The summed E-state index contributed by atoms with van der Waals surface area (Å²) in [6.45, 7) is 0. The van der Waals surface area contributed by atoms with E-state index in [1.54, 1.807) is 36.4 Å². The molecule has 0 unspecified atom stereocenters. The van der Waals surface area contributed by atoms with Crippen molar-refractivity contribution in [3.63, 3.8) is 0 Å². The molecule has 2 amide bonds. The Balaban J connectivity index is 0.000000221. The third-order valence-corrected chi connectivity index (χ3v) is 10.9. The van der Waals surface area contributed by atoms with Crippen LogP contribution in [0.15, 0.2) is 119 Å². The van der Waals surface area contributed by atoms with Gasteiger partial charge in [0.25, 0.3) is 0 Å². The first-order valence-electron chi connectivity index (χ1n) is 16.3. The molecule has 0 atom stereocenters. The summed E-state index contributed by atoms with van der Waals surface area (Å²) < 4.78 is 74.9. The number of pyridine rings is 2. The molecule has 0 bridgehead atoms. The monoisotopic (exact) mass is 906 g/mol. The van der Waals surface area contributed by atoms with Gasteiger partial charge in [-0.05, 0) is 77.9 Å². The Morgan fingerprint density at radius 1 is 0.586 bits per heavy atom. The van der Waals surface area contributed by atoms with Crippen molar-refractivity contribution in [1.29, 1.82) is 0 Å². The Morgan fingerprint density at radius 3 is 1.47 bits per heavy atom. The number of nitrogens with two attached hydrogens (primary N) is 2. The van der Waals surface area contributed by atoms with Crippen molar-refractivity contribution in [2.24, 2.45) is 10.3 Å². The molecule has 6 aromatic rings. The van der Waals surface area contributed by atoms with Crippen LogP contribution in [-0.4, -0.2) is 38.6 Å². The van der Waals surface area contributed by atoms with Gasteiger partial charge in [-0.1, -0.05) is 70.7 Å². The number of sulfonamides is 2. The van der Waals surface area contributed by atoms with E-state index in [0.717, 1.165) is 12.1 Å². The van der Waals surface area contributed by atoms with Crippen molar-refractivity contribution in [2.45, 2.75) is 22.6 Å². The molecule has 0 aliphatic rings. The molecule has 0 saturated heterocycles. The number of nitrogens with zero attached hydrogens (tertiary/aromatic N) is 2. The lowest BCUT2D eigenvalue weighted by Crippen LogP contribution is -2.17. The highest BCUT2D eigenvalue weighted by Crippen LogP contribution is 2.31. The number of benzene rings is 4. The van der Waals surface area contributed by atoms with Crippen molar-refractivity contribution in [3.8, 4) is 22.3 Å². The molecule has 4 aromatic carbocycles. The van der Waals surface area contributed by atoms with Gasteiger partial charge in [0.15, 0.2) is 0 Å². The van der Waals surface area contributed by atoms with Crippen molar-refractivity contribution < 1.29 is 35.2 Å². The van der Waals surface area contributed by atoms with Crippen LogP contribution in [0.25, 0.3) is 22.3 Å². The molecular formula is C38H28Cl4F2N6O6S2. The van der Waals surface area contributed by atoms with Crippen molar-refractivity contribution in [1.82, 2.24) is 9.97 Å². The molecule has 6 N–H and O–H groups in total. The number of amides is 2. The number of primary sulfonamides is 2. The van der Waals surface area contributed by atoms with Gasteiger partial charge in [0.05, 0.1) is 22.6 Å². The highest BCUT2D eigenvalue weighted by molar-refractivity contribution is 7.89. The third-order valence-electron chi connectivity index (χ3n) is 7.95. The number of anilines is 2. The van der Waals surface area contributed by atoms with Crippen LogP contribution in [0.3, 0.4) is 0 Å². The van der Waals surface area contributed by atoms with Crippen LogP contribution < -0.4 is 20.9 Å². The molecule has 2 heterocycles. The fourth-order valence-electron chi connectivity index (χ4n) is 5.30. The fraction of sp³-hybridized carbons (Fsp3) is 0.0526. The predicted octanol–water partition coefficient (Wildman–Crippen LogP) is 8.05. The minimum atomic E-state index is -4.13. The van der Waals surface area contributed by atoms with Crippen LogP contribution in [0.1, 0.15) is 11.1 Å². The predicted molar refractivity (Wildman–Crippen MR) is 220 cm³/mol. The second-order valence-corrected chi connectivity index (χ2v) is 16.9. The Bertz CT molecular complexity index is 2560. The molecule has 12 nitrogen and oxygen atoms in total. The van der Waals surface area contributed by atoms with E-state index in [-0.39, 0.29) is 61.3 Å². The molecule has 300 valence electrons. The first kappa shape index (κ1) is 44.1. The maximum atomic E-state index is 13.7. The summed E-state index contributed by atoms with van der Waals surface area (Å²) >= 11 is 23.5. The minimum Gasteiger partial charge on any atom is -0.326 e. The van der Waals surface area contributed by atoms with Crippen LogP contribution in [-0.2, 0) is 42.5 Å². The first-order valence-corrected chi connectivity index (χ1v) is 20.9. The molecule has 58 heavy (non-hydrogen) atoms. The SMILES string of the molecule is NS(=O)(=O)c1cc(NC(=O)Cc2ccc(Cl)cc2Cl)ccc1-c1ccc(Cl)nc1.NS(=O)(=O)c1cc(NC(=O)Cc2ccc(F)cc2F)ccc1-c1ccc(Cl)nc1. The van der Waals surface area contributed by atoms with Crippen molar-refractivity contribution >= 4 is 89.6 Å². The van der Waals surface area contributed by atoms with Crippen molar-refractivity contribution in [2.75, 3.05) is 10.6 Å². The Labute approximate surface area is 351 Å². The lowest BCUT2D eigenvalue weighted by atomic mass is 10.1. The van der Waals surface area contributed by atoms with Gasteiger partial charge in [0.1, 0.15) is 21.9 Å². The number of aromatic nitrogens is 2. The molecule has 0 aliphatic heterocycles. The summed E-state index contributed by atoms with van der Waals surface area (Å²) in [7, 11) is -8.20. The molecule has 0 fully saturated rings. The second kappa shape index (κ2) is 18.7. The zero-order valence-electron chi connectivity index (χ0n) is 29.4. The first-order chi connectivity index (χ1) is 27.3. The van der Waals surface area contributed by atoms with E-state index in [1.165, 1.54) is 54.9 Å². The maximum absolute atomic E-state index is 13.7. The van der Waals surface area contributed by atoms with E-state index >= 15 is 0 Å². The van der Waals surface area contributed by atoms with Gasteiger partial charge in [-0.15, -0.1) is 0 Å². The molecule has 0 spiro atoms. The van der Waals surface area contributed by atoms with E-state index in [2.05, 4.69) is 20.6 Å². The van der Waals surface area contributed by atoms with Gasteiger partial charge in [0.2, 0.25) is 31.9 Å². The summed E-state index contributed by atoms with van der Waals surface area (Å²) in [5, 5.41) is 17.1.